The highest BCUT2D eigenvalue weighted by Crippen LogP contribution is 2.23. The van der Waals surface area contributed by atoms with Crippen LogP contribution in [0.4, 0.5) is 0 Å². The van der Waals surface area contributed by atoms with E-state index in [1.807, 2.05) is 17.8 Å². The molecule has 1 nitrogen and oxygen atoms in total. The van der Waals surface area contributed by atoms with Crippen LogP contribution in [-0.2, 0) is 6.42 Å². The fourth-order valence-electron chi connectivity index (χ4n) is 1.44. The molecule has 0 amide bonds. The number of hydrogen-bond donors (Lipinski definition) is 1. The highest BCUT2D eigenvalue weighted by molar-refractivity contribution is 7.98. The Bertz CT molecular complexity index is 275. The number of hydrogen-bond acceptors (Lipinski definition) is 3. The molecule has 1 atom stereocenters. The molecule has 1 unspecified atom stereocenters. The molecule has 15 heavy (non-hydrogen) atoms. The Hall–Kier alpha value is 0.300. The highest BCUT2D eigenvalue weighted by atomic mass is 35.5. The van der Waals surface area contributed by atoms with Crippen molar-refractivity contribution in [3.63, 3.8) is 0 Å². The van der Waals surface area contributed by atoms with Crippen molar-refractivity contribution >= 4 is 34.7 Å². The summed E-state index contributed by atoms with van der Waals surface area (Å²) in [6.07, 6.45) is 4.44. The molecular formula is C11H18ClNS2. The van der Waals surface area contributed by atoms with E-state index in [1.54, 1.807) is 11.3 Å². The Balaban J connectivity index is 2.42. The van der Waals surface area contributed by atoms with E-state index in [1.165, 1.54) is 11.3 Å². The number of nitrogens with one attached hydrogen (secondary N) is 1. The lowest BCUT2D eigenvalue weighted by molar-refractivity contribution is 0.553. The summed E-state index contributed by atoms with van der Waals surface area (Å²) in [4.78, 5) is 1.38. The van der Waals surface area contributed by atoms with Crippen molar-refractivity contribution in [3.05, 3.63) is 21.3 Å². The van der Waals surface area contributed by atoms with Crippen LogP contribution >= 0.6 is 34.7 Å². The predicted octanol–water partition coefficient (Wildman–Crippen LogP) is 3.68. The molecule has 0 fully saturated rings. The van der Waals surface area contributed by atoms with Crippen molar-refractivity contribution in [2.45, 2.75) is 25.8 Å². The fraction of sp³-hybridized carbons (Fsp3) is 0.636. The third-order valence-corrected chi connectivity index (χ3v) is 4.12. The molecule has 86 valence electrons. The minimum atomic E-state index is 0.578. The first-order valence-electron chi connectivity index (χ1n) is 5.22. The van der Waals surface area contributed by atoms with E-state index in [0.29, 0.717) is 6.04 Å². The van der Waals surface area contributed by atoms with Gasteiger partial charge in [-0.2, -0.15) is 11.8 Å². The molecule has 0 aliphatic rings. The van der Waals surface area contributed by atoms with Crippen LogP contribution in [0.3, 0.4) is 0 Å². The maximum atomic E-state index is 5.92. The van der Waals surface area contributed by atoms with E-state index < -0.39 is 0 Å². The van der Waals surface area contributed by atoms with Crippen molar-refractivity contribution < 1.29 is 0 Å². The van der Waals surface area contributed by atoms with E-state index in [9.17, 15) is 0 Å². The van der Waals surface area contributed by atoms with Crippen LogP contribution in [0.15, 0.2) is 12.1 Å². The largest absolute Gasteiger partial charge is 0.313 e. The van der Waals surface area contributed by atoms with Crippen LogP contribution in [0.5, 0.6) is 0 Å². The zero-order valence-corrected chi connectivity index (χ0v) is 11.6. The highest BCUT2D eigenvalue weighted by Gasteiger charge is 2.09. The molecule has 1 aromatic heterocycles. The van der Waals surface area contributed by atoms with Crippen molar-refractivity contribution in [2.75, 3.05) is 18.6 Å². The van der Waals surface area contributed by atoms with E-state index in [4.69, 9.17) is 11.6 Å². The number of rotatable bonds is 7. The van der Waals surface area contributed by atoms with Gasteiger partial charge in [0.15, 0.2) is 0 Å². The normalized spacial score (nSPS) is 13.0. The Morgan fingerprint density at radius 1 is 1.53 bits per heavy atom. The lowest BCUT2D eigenvalue weighted by atomic mass is 10.2. The third kappa shape index (κ3) is 5.25. The molecular weight excluding hydrogens is 246 g/mol. The van der Waals surface area contributed by atoms with E-state index in [0.717, 1.165) is 23.1 Å². The van der Waals surface area contributed by atoms with Gasteiger partial charge in [0, 0.05) is 16.7 Å². The summed E-state index contributed by atoms with van der Waals surface area (Å²) in [6.45, 7) is 3.30. The molecule has 0 bridgehead atoms. The smallest absolute Gasteiger partial charge is 0.0931 e. The summed E-state index contributed by atoms with van der Waals surface area (Å²) >= 11 is 9.51. The van der Waals surface area contributed by atoms with E-state index in [-0.39, 0.29) is 0 Å². The van der Waals surface area contributed by atoms with Crippen LogP contribution < -0.4 is 5.32 Å². The fourth-order valence-corrected chi connectivity index (χ4v) is 3.25. The molecule has 0 saturated carbocycles. The zero-order chi connectivity index (χ0) is 11.1. The van der Waals surface area contributed by atoms with Gasteiger partial charge >= 0.3 is 0 Å². The average molecular weight is 264 g/mol. The molecule has 4 heteroatoms. The Labute approximate surface area is 106 Å². The minimum Gasteiger partial charge on any atom is -0.313 e. The van der Waals surface area contributed by atoms with Gasteiger partial charge in [0.2, 0.25) is 0 Å². The van der Waals surface area contributed by atoms with Crippen molar-refractivity contribution in [1.29, 1.82) is 0 Å². The van der Waals surface area contributed by atoms with Gasteiger partial charge in [0.05, 0.1) is 4.34 Å². The molecule has 1 aromatic rings. The topological polar surface area (TPSA) is 12.0 Å². The molecule has 0 aliphatic heterocycles. The second-order valence-electron chi connectivity index (χ2n) is 3.52. The summed E-state index contributed by atoms with van der Waals surface area (Å²) in [7, 11) is 0. The SMILES string of the molecule is CCCNC(CSC)Cc1ccc(Cl)s1. The quantitative estimate of drug-likeness (QED) is 0.806. The number of thiophene rings is 1. The molecule has 0 aliphatic carbocycles. The van der Waals surface area contributed by atoms with Gasteiger partial charge in [-0.1, -0.05) is 18.5 Å². The Kier molecular flexibility index (Phi) is 6.73. The lowest BCUT2D eigenvalue weighted by Gasteiger charge is -2.16. The van der Waals surface area contributed by atoms with E-state index in [2.05, 4.69) is 24.6 Å². The monoisotopic (exact) mass is 263 g/mol. The van der Waals surface area contributed by atoms with Crippen molar-refractivity contribution in [3.8, 4) is 0 Å². The van der Waals surface area contributed by atoms with Crippen LogP contribution in [0, 0.1) is 0 Å². The summed E-state index contributed by atoms with van der Waals surface area (Å²) in [5, 5.41) is 3.57. The molecule has 0 aromatic carbocycles. The maximum absolute atomic E-state index is 5.92. The lowest BCUT2D eigenvalue weighted by Crippen LogP contribution is -2.33. The summed E-state index contributed by atoms with van der Waals surface area (Å²) in [5.74, 6) is 1.16. The van der Waals surface area contributed by atoms with Crippen LogP contribution in [0.25, 0.3) is 0 Å². The minimum absolute atomic E-state index is 0.578. The standard InChI is InChI=1S/C11H18ClNS2/c1-3-6-13-9(8-14-2)7-10-4-5-11(12)15-10/h4-5,9,13H,3,6-8H2,1-2H3. The first kappa shape index (κ1) is 13.4. The number of thioether (sulfide) groups is 1. The molecule has 0 saturated heterocycles. The molecule has 0 spiro atoms. The zero-order valence-electron chi connectivity index (χ0n) is 9.25. The molecule has 1 rings (SSSR count). The Morgan fingerprint density at radius 2 is 2.33 bits per heavy atom. The van der Waals surface area contributed by atoms with Gasteiger partial charge in [-0.15, -0.1) is 11.3 Å². The molecule has 1 N–H and O–H groups in total. The van der Waals surface area contributed by atoms with Crippen LogP contribution in [0.1, 0.15) is 18.2 Å². The molecule has 0 radical (unpaired) electrons. The second-order valence-corrected chi connectivity index (χ2v) is 6.23. The van der Waals surface area contributed by atoms with Gasteiger partial charge in [0.25, 0.3) is 0 Å². The van der Waals surface area contributed by atoms with Gasteiger partial charge < -0.3 is 5.32 Å². The van der Waals surface area contributed by atoms with Crippen molar-refractivity contribution in [1.82, 2.24) is 5.32 Å². The summed E-state index contributed by atoms with van der Waals surface area (Å²) in [6, 6.07) is 4.69. The first-order valence-corrected chi connectivity index (χ1v) is 7.81. The first-order chi connectivity index (χ1) is 7.26. The van der Waals surface area contributed by atoms with Crippen molar-refractivity contribution in [2.24, 2.45) is 0 Å². The van der Waals surface area contributed by atoms with Crippen LogP contribution in [0.2, 0.25) is 4.34 Å². The van der Waals surface area contributed by atoms with Gasteiger partial charge in [0.1, 0.15) is 0 Å². The van der Waals surface area contributed by atoms with Gasteiger partial charge in [-0.25, -0.2) is 0 Å². The van der Waals surface area contributed by atoms with Gasteiger partial charge in [-0.05, 0) is 37.8 Å². The summed E-state index contributed by atoms with van der Waals surface area (Å²) in [5.41, 5.74) is 0. The molecule has 1 heterocycles. The van der Waals surface area contributed by atoms with Gasteiger partial charge in [-0.3, -0.25) is 0 Å². The predicted molar refractivity (Wildman–Crippen MR) is 73.5 cm³/mol. The maximum Gasteiger partial charge on any atom is 0.0931 e. The summed E-state index contributed by atoms with van der Waals surface area (Å²) < 4.78 is 0.892. The van der Waals surface area contributed by atoms with Crippen LogP contribution in [-0.4, -0.2) is 24.6 Å². The second kappa shape index (κ2) is 7.55. The van der Waals surface area contributed by atoms with E-state index >= 15 is 0 Å². The average Bonchev–Trinajstić information content (AvgIpc) is 2.61. The number of halogens is 1. The third-order valence-electron chi connectivity index (χ3n) is 2.13. The Morgan fingerprint density at radius 3 is 2.87 bits per heavy atom.